The predicted molar refractivity (Wildman–Crippen MR) is 121 cm³/mol. The van der Waals surface area contributed by atoms with Crippen molar-refractivity contribution < 1.29 is 9.21 Å². The number of rotatable bonds is 4. The Hall–Kier alpha value is -2.47. The molecule has 0 radical (unpaired) electrons. The van der Waals surface area contributed by atoms with Crippen LogP contribution < -0.4 is 5.32 Å². The van der Waals surface area contributed by atoms with E-state index >= 15 is 0 Å². The molecule has 1 N–H and O–H groups in total. The van der Waals surface area contributed by atoms with E-state index in [-0.39, 0.29) is 5.91 Å². The molecule has 7 heteroatoms. The number of halogens is 2. The number of furan rings is 1. The van der Waals surface area contributed by atoms with Crippen molar-refractivity contribution in [3.05, 3.63) is 80.9 Å². The number of nitrogens with zero attached hydrogens (tertiary/aromatic N) is 1. The van der Waals surface area contributed by atoms with E-state index in [4.69, 9.17) is 27.6 Å². The van der Waals surface area contributed by atoms with Crippen molar-refractivity contribution in [2.45, 2.75) is 13.3 Å². The molecule has 1 aromatic heterocycles. The lowest BCUT2D eigenvalue weighted by Gasteiger charge is -2.02. The number of carbonyl (C=O) groups excluding carboxylic acids is 1. The Kier molecular flexibility index (Phi) is 5.81. The molecule has 0 saturated carbocycles. The van der Waals surface area contributed by atoms with Crippen LogP contribution >= 0.6 is 35.0 Å². The van der Waals surface area contributed by atoms with Gasteiger partial charge < -0.3 is 9.73 Å². The lowest BCUT2D eigenvalue weighted by molar-refractivity contribution is -0.115. The van der Waals surface area contributed by atoms with E-state index in [2.05, 4.69) is 17.2 Å². The number of benzene rings is 2. The van der Waals surface area contributed by atoms with Crippen molar-refractivity contribution >= 4 is 57.8 Å². The van der Waals surface area contributed by atoms with E-state index < -0.39 is 0 Å². The summed E-state index contributed by atoms with van der Waals surface area (Å²) in [5.41, 5.74) is 2.68. The first-order chi connectivity index (χ1) is 14.0. The Balaban J connectivity index is 1.58. The summed E-state index contributed by atoms with van der Waals surface area (Å²) in [6, 6.07) is 16.6. The maximum Gasteiger partial charge on any atom is 0.264 e. The number of nitrogens with one attached hydrogen (secondary N) is 1. The summed E-state index contributed by atoms with van der Waals surface area (Å²) < 4.78 is 5.85. The summed E-state index contributed by atoms with van der Waals surface area (Å²) in [4.78, 5) is 17.4. The number of aliphatic imine (C=N–C) groups is 1. The summed E-state index contributed by atoms with van der Waals surface area (Å²) in [7, 11) is 0. The zero-order valence-electron chi connectivity index (χ0n) is 15.4. The van der Waals surface area contributed by atoms with Crippen LogP contribution in [0.5, 0.6) is 0 Å². The van der Waals surface area contributed by atoms with Gasteiger partial charge in [-0.05, 0) is 60.1 Å². The number of hydrogen-bond acceptors (Lipinski definition) is 4. The predicted octanol–water partition coefficient (Wildman–Crippen LogP) is 6.71. The van der Waals surface area contributed by atoms with Gasteiger partial charge in [-0.15, -0.1) is 0 Å². The van der Waals surface area contributed by atoms with Crippen molar-refractivity contribution in [3.63, 3.8) is 0 Å². The van der Waals surface area contributed by atoms with Crippen LogP contribution in [-0.2, 0) is 11.2 Å². The van der Waals surface area contributed by atoms with Gasteiger partial charge in [-0.2, -0.15) is 0 Å². The normalized spacial score (nSPS) is 16.6. The summed E-state index contributed by atoms with van der Waals surface area (Å²) in [5, 5.41) is 4.46. The van der Waals surface area contributed by atoms with Gasteiger partial charge in [0.25, 0.3) is 5.91 Å². The van der Waals surface area contributed by atoms with E-state index in [1.165, 1.54) is 11.8 Å². The summed E-state index contributed by atoms with van der Waals surface area (Å²) in [6.45, 7) is 2.07. The average molecular weight is 443 g/mol. The minimum atomic E-state index is -0.207. The molecule has 0 spiro atoms. The Morgan fingerprint density at radius 1 is 1.14 bits per heavy atom. The monoisotopic (exact) mass is 442 g/mol. The average Bonchev–Trinajstić information content (AvgIpc) is 3.31. The van der Waals surface area contributed by atoms with Crippen LogP contribution in [-0.4, -0.2) is 11.1 Å². The van der Waals surface area contributed by atoms with Gasteiger partial charge in [0.2, 0.25) is 0 Å². The highest BCUT2D eigenvalue weighted by atomic mass is 35.5. The van der Waals surface area contributed by atoms with E-state index in [1.807, 2.05) is 24.3 Å². The third kappa shape index (κ3) is 4.42. The van der Waals surface area contributed by atoms with Gasteiger partial charge in [0.15, 0.2) is 5.17 Å². The van der Waals surface area contributed by atoms with Gasteiger partial charge >= 0.3 is 0 Å². The van der Waals surface area contributed by atoms with Gasteiger partial charge in [0.05, 0.1) is 15.6 Å². The number of para-hydroxylation sites is 1. The molecule has 0 atom stereocenters. The minimum absolute atomic E-state index is 0.207. The molecule has 0 unspecified atom stereocenters. The standard InChI is InChI=1S/C22H16Cl2N2O2S/c1-2-13-5-3-4-6-18(13)25-22-26-21(27)20(29-22)12-15-8-10-19(28-15)16-11-14(23)7-9-17(16)24/h3-12H,2H2,1H3,(H,25,26,27). The molecule has 146 valence electrons. The number of carbonyl (C=O) groups is 1. The first-order valence-electron chi connectivity index (χ1n) is 8.96. The van der Waals surface area contributed by atoms with Crippen LogP contribution in [0.25, 0.3) is 17.4 Å². The van der Waals surface area contributed by atoms with E-state index in [0.717, 1.165) is 17.7 Å². The van der Waals surface area contributed by atoms with Gasteiger partial charge in [-0.25, -0.2) is 4.99 Å². The van der Waals surface area contributed by atoms with Crippen molar-refractivity contribution in [3.8, 4) is 11.3 Å². The van der Waals surface area contributed by atoms with Crippen LogP contribution in [0.3, 0.4) is 0 Å². The Morgan fingerprint density at radius 2 is 1.97 bits per heavy atom. The molecule has 0 aliphatic carbocycles. The van der Waals surface area contributed by atoms with E-state index in [9.17, 15) is 4.79 Å². The molecule has 4 rings (SSSR count). The molecule has 0 bridgehead atoms. The summed E-state index contributed by atoms with van der Waals surface area (Å²) in [6.07, 6.45) is 2.56. The molecule has 4 nitrogen and oxygen atoms in total. The fourth-order valence-electron chi connectivity index (χ4n) is 2.90. The fourth-order valence-corrected chi connectivity index (χ4v) is 4.10. The first kappa shape index (κ1) is 19.8. The van der Waals surface area contributed by atoms with Crippen molar-refractivity contribution in [1.82, 2.24) is 5.32 Å². The highest BCUT2D eigenvalue weighted by Gasteiger charge is 2.24. The zero-order chi connectivity index (χ0) is 20.4. The smallest absolute Gasteiger partial charge is 0.264 e. The molecule has 29 heavy (non-hydrogen) atoms. The molecule has 2 heterocycles. The van der Waals surface area contributed by atoms with Gasteiger partial charge in [0.1, 0.15) is 11.5 Å². The van der Waals surface area contributed by atoms with Crippen molar-refractivity contribution in [2.24, 2.45) is 4.99 Å². The van der Waals surface area contributed by atoms with Crippen LogP contribution in [0.2, 0.25) is 10.0 Å². The van der Waals surface area contributed by atoms with Crippen LogP contribution in [0.1, 0.15) is 18.2 Å². The van der Waals surface area contributed by atoms with Crippen LogP contribution in [0.4, 0.5) is 5.69 Å². The molecule has 2 aromatic carbocycles. The van der Waals surface area contributed by atoms with Crippen LogP contribution in [0.15, 0.2) is 68.9 Å². The van der Waals surface area contributed by atoms with Crippen molar-refractivity contribution in [1.29, 1.82) is 0 Å². The second kappa shape index (κ2) is 8.49. The Morgan fingerprint density at radius 3 is 2.79 bits per heavy atom. The first-order valence-corrected chi connectivity index (χ1v) is 10.5. The molecule has 3 aromatic rings. The zero-order valence-corrected chi connectivity index (χ0v) is 17.7. The third-order valence-electron chi connectivity index (χ3n) is 4.34. The quantitative estimate of drug-likeness (QED) is 0.456. The summed E-state index contributed by atoms with van der Waals surface area (Å²) >= 11 is 13.6. The fraction of sp³-hybridized carbons (Fsp3) is 0.0909. The lowest BCUT2D eigenvalue weighted by Crippen LogP contribution is -2.19. The number of amides is 1. The minimum Gasteiger partial charge on any atom is -0.457 e. The third-order valence-corrected chi connectivity index (χ3v) is 5.81. The highest BCUT2D eigenvalue weighted by Crippen LogP contribution is 2.34. The second-order valence-electron chi connectivity index (χ2n) is 6.29. The topological polar surface area (TPSA) is 54.6 Å². The molecular weight excluding hydrogens is 427 g/mol. The SMILES string of the molecule is CCc1ccccc1N=C1NC(=O)C(=Cc2ccc(-c3cc(Cl)ccc3Cl)o2)S1. The molecule has 1 aliphatic rings. The molecule has 1 saturated heterocycles. The Labute approximate surface area is 182 Å². The summed E-state index contributed by atoms with van der Waals surface area (Å²) in [5.74, 6) is 0.920. The highest BCUT2D eigenvalue weighted by molar-refractivity contribution is 8.18. The number of aryl methyl sites for hydroxylation is 1. The van der Waals surface area contributed by atoms with Crippen LogP contribution in [0, 0.1) is 0 Å². The number of amidine groups is 1. The molecule has 1 amide bonds. The maximum absolute atomic E-state index is 12.3. The van der Waals surface area contributed by atoms with Gasteiger partial charge in [-0.1, -0.05) is 48.3 Å². The van der Waals surface area contributed by atoms with E-state index in [0.29, 0.717) is 37.2 Å². The number of hydrogen-bond donors (Lipinski definition) is 1. The van der Waals surface area contributed by atoms with E-state index in [1.54, 1.807) is 36.4 Å². The van der Waals surface area contributed by atoms with Gasteiger partial charge in [-0.3, -0.25) is 4.79 Å². The second-order valence-corrected chi connectivity index (χ2v) is 8.16. The molecular formula is C22H16Cl2N2O2S. The van der Waals surface area contributed by atoms with Gasteiger partial charge in [0, 0.05) is 16.7 Å². The number of thioether (sulfide) groups is 1. The Bertz CT molecular complexity index is 1150. The largest absolute Gasteiger partial charge is 0.457 e. The lowest BCUT2D eigenvalue weighted by atomic mass is 10.1. The molecule has 1 fully saturated rings. The maximum atomic E-state index is 12.3. The van der Waals surface area contributed by atoms with Crippen molar-refractivity contribution in [2.75, 3.05) is 0 Å². The molecule has 1 aliphatic heterocycles.